The maximum Gasteiger partial charge on any atom is 0.148 e. The summed E-state index contributed by atoms with van der Waals surface area (Å²) in [6.45, 7) is 1.93. The van der Waals surface area contributed by atoms with E-state index in [1.54, 1.807) is 6.20 Å². The van der Waals surface area contributed by atoms with Crippen molar-refractivity contribution in [1.82, 2.24) is 9.97 Å². The number of aromatic nitrogens is 2. The first-order chi connectivity index (χ1) is 8.58. The summed E-state index contributed by atoms with van der Waals surface area (Å²) in [7, 11) is 0. The molecular formula is C12H11ClN4S. The molecule has 6 heteroatoms. The van der Waals surface area contributed by atoms with E-state index in [1.165, 1.54) is 6.20 Å². The lowest BCUT2D eigenvalue weighted by Crippen LogP contribution is -2.12. The largest absolute Gasteiger partial charge is 0.388 e. The Balaban J connectivity index is 2.24. The van der Waals surface area contributed by atoms with Gasteiger partial charge < -0.3 is 11.1 Å². The Morgan fingerprint density at radius 1 is 1.33 bits per heavy atom. The van der Waals surface area contributed by atoms with Crippen molar-refractivity contribution in [2.24, 2.45) is 5.73 Å². The van der Waals surface area contributed by atoms with Crippen molar-refractivity contribution in [3.8, 4) is 0 Å². The third-order valence-electron chi connectivity index (χ3n) is 2.43. The highest BCUT2D eigenvalue weighted by molar-refractivity contribution is 7.80. The second-order valence-corrected chi connectivity index (χ2v) is 4.54. The maximum atomic E-state index is 6.04. The molecule has 0 amide bonds. The molecule has 0 aliphatic heterocycles. The fourth-order valence-electron chi connectivity index (χ4n) is 1.40. The van der Waals surface area contributed by atoms with Gasteiger partial charge in [-0.25, -0.2) is 9.97 Å². The molecule has 18 heavy (non-hydrogen) atoms. The summed E-state index contributed by atoms with van der Waals surface area (Å²) in [6, 6.07) is 5.63. The van der Waals surface area contributed by atoms with Crippen molar-refractivity contribution in [2.75, 3.05) is 5.32 Å². The van der Waals surface area contributed by atoms with Gasteiger partial charge in [0.2, 0.25) is 0 Å². The molecule has 4 nitrogen and oxygen atoms in total. The first-order valence-corrected chi connectivity index (χ1v) is 6.00. The minimum Gasteiger partial charge on any atom is -0.388 e. The number of rotatable bonds is 3. The van der Waals surface area contributed by atoms with Crippen LogP contribution in [0.5, 0.6) is 0 Å². The Morgan fingerprint density at radius 3 is 2.72 bits per heavy atom. The number of benzene rings is 1. The van der Waals surface area contributed by atoms with Crippen LogP contribution >= 0.6 is 23.8 Å². The molecule has 1 aromatic carbocycles. The van der Waals surface area contributed by atoms with Gasteiger partial charge in [-0.2, -0.15) is 0 Å². The number of nitrogens with two attached hydrogens (primary N) is 1. The molecular weight excluding hydrogens is 268 g/mol. The van der Waals surface area contributed by atoms with Crippen LogP contribution in [-0.2, 0) is 0 Å². The van der Waals surface area contributed by atoms with Crippen molar-refractivity contribution < 1.29 is 0 Å². The van der Waals surface area contributed by atoms with E-state index in [9.17, 15) is 0 Å². The lowest BCUT2D eigenvalue weighted by molar-refractivity contribution is 1.17. The average Bonchev–Trinajstić information content (AvgIpc) is 2.36. The van der Waals surface area contributed by atoms with Crippen LogP contribution in [0.2, 0.25) is 5.02 Å². The van der Waals surface area contributed by atoms with Gasteiger partial charge in [0.25, 0.3) is 0 Å². The minimum atomic E-state index is 0.230. The summed E-state index contributed by atoms with van der Waals surface area (Å²) in [4.78, 5) is 8.51. The van der Waals surface area contributed by atoms with E-state index in [0.717, 1.165) is 11.3 Å². The van der Waals surface area contributed by atoms with Gasteiger partial charge in [-0.3, -0.25) is 0 Å². The van der Waals surface area contributed by atoms with Crippen LogP contribution in [0.15, 0.2) is 30.6 Å². The predicted octanol–water partition coefficient (Wildman–Crippen LogP) is 2.82. The number of nitrogens with one attached hydrogen (secondary N) is 1. The van der Waals surface area contributed by atoms with Gasteiger partial charge >= 0.3 is 0 Å². The summed E-state index contributed by atoms with van der Waals surface area (Å²) < 4.78 is 0. The van der Waals surface area contributed by atoms with Crippen molar-refractivity contribution in [1.29, 1.82) is 0 Å². The van der Waals surface area contributed by atoms with Crippen molar-refractivity contribution in [3.05, 3.63) is 46.9 Å². The van der Waals surface area contributed by atoms with Crippen molar-refractivity contribution in [3.63, 3.8) is 0 Å². The van der Waals surface area contributed by atoms with Gasteiger partial charge in [-0.15, -0.1) is 0 Å². The number of hydrogen-bond donors (Lipinski definition) is 2. The second-order valence-electron chi connectivity index (χ2n) is 3.69. The topological polar surface area (TPSA) is 63.8 Å². The van der Waals surface area contributed by atoms with Crippen LogP contribution in [0.1, 0.15) is 11.3 Å². The summed E-state index contributed by atoms with van der Waals surface area (Å²) in [5.41, 5.74) is 7.80. The second kappa shape index (κ2) is 5.29. The minimum absolute atomic E-state index is 0.230. The van der Waals surface area contributed by atoms with E-state index in [1.807, 2.05) is 25.1 Å². The van der Waals surface area contributed by atoms with E-state index < -0.39 is 0 Å². The third-order valence-corrected chi connectivity index (χ3v) is 3.05. The Hall–Kier alpha value is -1.72. The lowest BCUT2D eigenvalue weighted by atomic mass is 10.2. The SMILES string of the molecule is Cc1c(Cl)cccc1Nc1cnc(C(N)=S)cn1. The van der Waals surface area contributed by atoms with Gasteiger partial charge in [0.15, 0.2) is 0 Å². The number of halogens is 1. The molecule has 2 aromatic rings. The van der Waals surface area contributed by atoms with Gasteiger partial charge in [0.1, 0.15) is 16.5 Å². The van der Waals surface area contributed by atoms with Crippen LogP contribution in [0.25, 0.3) is 0 Å². The molecule has 0 aliphatic rings. The molecule has 0 bridgehead atoms. The first kappa shape index (κ1) is 12.7. The molecule has 92 valence electrons. The van der Waals surface area contributed by atoms with Gasteiger partial charge in [0.05, 0.1) is 12.4 Å². The van der Waals surface area contributed by atoms with Crippen LogP contribution in [0.3, 0.4) is 0 Å². The van der Waals surface area contributed by atoms with E-state index in [-0.39, 0.29) is 4.99 Å². The Morgan fingerprint density at radius 2 is 2.11 bits per heavy atom. The molecule has 0 radical (unpaired) electrons. The van der Waals surface area contributed by atoms with Crippen LogP contribution < -0.4 is 11.1 Å². The van der Waals surface area contributed by atoms with E-state index >= 15 is 0 Å². The summed E-state index contributed by atoms with van der Waals surface area (Å²) in [5, 5.41) is 3.84. The van der Waals surface area contributed by atoms with Crippen molar-refractivity contribution in [2.45, 2.75) is 6.92 Å². The van der Waals surface area contributed by atoms with Gasteiger partial charge in [-0.05, 0) is 24.6 Å². The summed E-state index contributed by atoms with van der Waals surface area (Å²) in [5.74, 6) is 0.611. The summed E-state index contributed by atoms with van der Waals surface area (Å²) >= 11 is 10.8. The fourth-order valence-corrected chi connectivity index (χ4v) is 1.68. The van der Waals surface area contributed by atoms with Crippen molar-refractivity contribution >= 4 is 40.3 Å². The molecule has 0 atom stereocenters. The zero-order valence-corrected chi connectivity index (χ0v) is 11.2. The number of thiocarbonyl (C=S) groups is 1. The zero-order chi connectivity index (χ0) is 13.1. The first-order valence-electron chi connectivity index (χ1n) is 5.22. The smallest absolute Gasteiger partial charge is 0.148 e. The van der Waals surface area contributed by atoms with E-state index in [0.29, 0.717) is 16.5 Å². The number of hydrogen-bond acceptors (Lipinski definition) is 4. The molecule has 0 unspecified atom stereocenters. The average molecular weight is 279 g/mol. The van der Waals surface area contributed by atoms with Crippen LogP contribution in [-0.4, -0.2) is 15.0 Å². The quantitative estimate of drug-likeness (QED) is 0.845. The monoisotopic (exact) mass is 278 g/mol. The Kier molecular flexibility index (Phi) is 3.74. The maximum absolute atomic E-state index is 6.04. The normalized spacial score (nSPS) is 10.1. The molecule has 1 heterocycles. The van der Waals surface area contributed by atoms with E-state index in [2.05, 4.69) is 15.3 Å². The standard InChI is InChI=1S/C12H11ClN4S/c1-7-8(13)3-2-4-9(7)17-11-6-15-10(5-16-11)12(14)18/h2-6H,1H3,(H2,14,18)(H,16,17). The summed E-state index contributed by atoms with van der Waals surface area (Å²) in [6.07, 6.45) is 3.11. The molecule has 0 saturated carbocycles. The van der Waals surface area contributed by atoms with Crippen LogP contribution in [0.4, 0.5) is 11.5 Å². The highest BCUT2D eigenvalue weighted by atomic mass is 35.5. The highest BCUT2D eigenvalue weighted by Gasteiger charge is 2.04. The molecule has 0 aliphatic carbocycles. The van der Waals surface area contributed by atoms with Gasteiger partial charge in [-0.1, -0.05) is 29.9 Å². The number of anilines is 2. The zero-order valence-electron chi connectivity index (χ0n) is 9.64. The number of nitrogens with zero attached hydrogens (tertiary/aromatic N) is 2. The predicted molar refractivity (Wildman–Crippen MR) is 77.4 cm³/mol. The molecule has 0 spiro atoms. The Bertz CT molecular complexity index is 583. The highest BCUT2D eigenvalue weighted by Crippen LogP contribution is 2.25. The van der Waals surface area contributed by atoms with E-state index in [4.69, 9.17) is 29.6 Å². The lowest BCUT2D eigenvalue weighted by Gasteiger charge is -2.09. The van der Waals surface area contributed by atoms with Gasteiger partial charge in [0, 0.05) is 10.7 Å². The molecule has 3 N–H and O–H groups in total. The Labute approximate surface area is 115 Å². The molecule has 2 rings (SSSR count). The third kappa shape index (κ3) is 2.75. The molecule has 0 fully saturated rings. The fraction of sp³-hybridized carbons (Fsp3) is 0.0833. The molecule has 1 aromatic heterocycles. The van der Waals surface area contributed by atoms with Crippen LogP contribution in [0, 0.1) is 6.92 Å². The molecule has 0 saturated heterocycles.